The Kier molecular flexibility index (Phi) is 13.2. The number of esters is 1. The molecule has 0 bridgehead atoms. The van der Waals surface area contributed by atoms with Gasteiger partial charge in [-0.2, -0.15) is 0 Å². The summed E-state index contributed by atoms with van der Waals surface area (Å²) in [6.45, 7) is 1.42. The van der Waals surface area contributed by atoms with Crippen LogP contribution in [-0.2, 0) is 23.9 Å². The number of hydrogen-bond acceptors (Lipinski definition) is 9. The quantitative estimate of drug-likeness (QED) is 0.159. The van der Waals surface area contributed by atoms with E-state index in [0.29, 0.717) is 16.1 Å². The number of nitrogens with two attached hydrogens (primary N) is 1. The highest BCUT2D eigenvalue weighted by atomic mass is 33.1. The summed E-state index contributed by atoms with van der Waals surface area (Å²) < 4.78 is 4.80. The van der Waals surface area contributed by atoms with Crippen LogP contribution in [0.2, 0.25) is 0 Å². The number of benzene rings is 2. The van der Waals surface area contributed by atoms with E-state index < -0.39 is 35.8 Å². The minimum atomic E-state index is -1.23. The predicted molar refractivity (Wildman–Crippen MR) is 146 cm³/mol. The monoisotopic (exact) mass is 562 g/mol. The van der Waals surface area contributed by atoms with Gasteiger partial charge in [-0.1, -0.05) is 51.9 Å². The fourth-order valence-electron chi connectivity index (χ4n) is 2.97. The van der Waals surface area contributed by atoms with Gasteiger partial charge in [0.15, 0.2) is 0 Å². The first-order valence-corrected chi connectivity index (χ1v) is 14.0. The molecule has 2 unspecified atom stereocenters. The van der Waals surface area contributed by atoms with E-state index in [0.717, 1.165) is 0 Å². The molecule has 2 atom stereocenters. The first kappa shape index (κ1) is 30.7. The Morgan fingerprint density at radius 1 is 1.03 bits per heavy atom. The van der Waals surface area contributed by atoms with Crippen LogP contribution in [0.3, 0.4) is 0 Å². The molecule has 3 amide bonds. The molecule has 0 aliphatic rings. The Hall–Kier alpha value is -3.55. The molecule has 2 aromatic carbocycles. The van der Waals surface area contributed by atoms with Gasteiger partial charge in [0, 0.05) is 22.8 Å². The smallest absolute Gasteiger partial charge is 0.325 e. The lowest BCUT2D eigenvalue weighted by atomic mass is 10.1. The fourth-order valence-corrected chi connectivity index (χ4v) is 5.35. The first-order chi connectivity index (χ1) is 18.2. The van der Waals surface area contributed by atoms with Crippen molar-refractivity contribution < 1.29 is 33.8 Å². The Balaban J connectivity index is 2.03. The highest BCUT2D eigenvalue weighted by Crippen LogP contribution is 2.34. The lowest BCUT2D eigenvalue weighted by Crippen LogP contribution is -2.49. The average molecular weight is 563 g/mol. The topological polar surface area (TPSA) is 177 Å². The summed E-state index contributed by atoms with van der Waals surface area (Å²) in [5.74, 6) is -3.25. The van der Waals surface area contributed by atoms with Gasteiger partial charge in [-0.05, 0) is 37.6 Å². The van der Waals surface area contributed by atoms with Gasteiger partial charge in [0.2, 0.25) is 11.8 Å². The number of amides is 3. The number of rotatable bonds is 15. The number of carboxylic acids is 1. The van der Waals surface area contributed by atoms with E-state index in [1.807, 2.05) is 18.2 Å². The zero-order valence-corrected chi connectivity index (χ0v) is 22.3. The predicted octanol–water partition coefficient (Wildman–Crippen LogP) is 2.04. The maximum absolute atomic E-state index is 12.8. The first-order valence-electron chi connectivity index (χ1n) is 11.7. The van der Waals surface area contributed by atoms with Crippen LogP contribution < -0.4 is 21.7 Å². The number of carbonyl (C=O) groups is 5. The number of para-hydroxylation sites is 1. The molecule has 38 heavy (non-hydrogen) atoms. The van der Waals surface area contributed by atoms with Crippen molar-refractivity contribution in [1.29, 1.82) is 0 Å². The third kappa shape index (κ3) is 10.8. The Bertz CT molecular complexity index is 1120. The lowest BCUT2D eigenvalue weighted by Gasteiger charge is -2.18. The van der Waals surface area contributed by atoms with Gasteiger partial charge >= 0.3 is 11.9 Å². The van der Waals surface area contributed by atoms with E-state index in [1.54, 1.807) is 43.3 Å². The maximum Gasteiger partial charge on any atom is 0.325 e. The molecule has 0 fully saturated rings. The number of ether oxygens (including phenoxy) is 1. The molecule has 0 saturated heterocycles. The molecular formula is C25H30N4O7S2. The van der Waals surface area contributed by atoms with Crippen LogP contribution in [0.25, 0.3) is 0 Å². The van der Waals surface area contributed by atoms with Crippen molar-refractivity contribution in [2.75, 3.05) is 24.2 Å². The standard InChI is InChI=1S/C25H30N4O7S2/c1-2-36-22(31)14-27-24(33)19(29-21(30)13-12-18(26)25(34)35)15-37-38-20-11-7-6-10-17(20)23(32)28-16-8-4-3-5-9-16/h3-11,18-19H,2,12-15,26H2,1H3,(H,27,33)(H,28,32)(H,29,30)(H,34,35). The van der Waals surface area contributed by atoms with Crippen LogP contribution in [0.5, 0.6) is 0 Å². The van der Waals surface area contributed by atoms with Crippen molar-refractivity contribution in [3.8, 4) is 0 Å². The van der Waals surface area contributed by atoms with Crippen molar-refractivity contribution in [3.63, 3.8) is 0 Å². The highest BCUT2D eigenvalue weighted by molar-refractivity contribution is 8.76. The molecule has 2 rings (SSSR count). The number of anilines is 1. The molecule has 6 N–H and O–H groups in total. The Morgan fingerprint density at radius 3 is 2.39 bits per heavy atom. The molecule has 0 aliphatic heterocycles. The zero-order valence-electron chi connectivity index (χ0n) is 20.7. The van der Waals surface area contributed by atoms with Crippen molar-refractivity contribution >= 4 is 56.9 Å². The van der Waals surface area contributed by atoms with E-state index in [2.05, 4.69) is 16.0 Å². The molecule has 0 spiro atoms. The van der Waals surface area contributed by atoms with Crippen LogP contribution in [0.15, 0.2) is 59.5 Å². The van der Waals surface area contributed by atoms with E-state index >= 15 is 0 Å². The Morgan fingerprint density at radius 2 is 1.71 bits per heavy atom. The van der Waals surface area contributed by atoms with E-state index in [1.165, 1.54) is 21.6 Å². The van der Waals surface area contributed by atoms with Crippen LogP contribution in [-0.4, -0.2) is 65.8 Å². The average Bonchev–Trinajstić information content (AvgIpc) is 2.90. The molecule has 2 aromatic rings. The lowest BCUT2D eigenvalue weighted by molar-refractivity contribution is -0.143. The number of hydrogen-bond donors (Lipinski definition) is 5. The molecule has 204 valence electrons. The molecule has 0 radical (unpaired) electrons. The third-order valence-corrected chi connectivity index (χ3v) is 7.33. The summed E-state index contributed by atoms with van der Waals surface area (Å²) in [5.41, 5.74) is 6.53. The number of carboxylic acid groups (broad SMARTS) is 1. The van der Waals surface area contributed by atoms with Crippen molar-refractivity contribution in [2.24, 2.45) is 5.73 Å². The summed E-state index contributed by atoms with van der Waals surface area (Å²) in [6.07, 6.45) is -0.306. The van der Waals surface area contributed by atoms with Crippen LogP contribution in [0.1, 0.15) is 30.1 Å². The molecule has 0 heterocycles. The summed E-state index contributed by atoms with van der Waals surface area (Å²) in [4.78, 5) is 61.1. The summed E-state index contributed by atoms with van der Waals surface area (Å²) >= 11 is 0. The van der Waals surface area contributed by atoms with Crippen LogP contribution in [0.4, 0.5) is 5.69 Å². The van der Waals surface area contributed by atoms with E-state index in [4.69, 9.17) is 15.6 Å². The normalized spacial score (nSPS) is 12.1. The molecular weight excluding hydrogens is 532 g/mol. The van der Waals surface area contributed by atoms with Gasteiger partial charge in [0.05, 0.1) is 12.2 Å². The Labute approximate surface area is 228 Å². The minimum Gasteiger partial charge on any atom is -0.480 e. The van der Waals surface area contributed by atoms with Gasteiger partial charge in [0.25, 0.3) is 5.91 Å². The number of carbonyl (C=O) groups excluding carboxylic acids is 4. The van der Waals surface area contributed by atoms with Gasteiger partial charge in [0.1, 0.15) is 18.6 Å². The van der Waals surface area contributed by atoms with E-state index in [-0.39, 0.29) is 37.7 Å². The van der Waals surface area contributed by atoms with Gasteiger partial charge in [-0.25, -0.2) is 0 Å². The second-order valence-corrected chi connectivity index (χ2v) is 10.2. The number of aliphatic carboxylic acids is 1. The zero-order chi connectivity index (χ0) is 27.9. The van der Waals surface area contributed by atoms with Gasteiger partial charge in [-0.3, -0.25) is 24.0 Å². The highest BCUT2D eigenvalue weighted by Gasteiger charge is 2.23. The molecule has 0 saturated carbocycles. The third-order valence-electron chi connectivity index (χ3n) is 4.91. The SMILES string of the molecule is CCOC(=O)CNC(=O)C(CSSc1ccccc1C(=O)Nc1ccccc1)NC(=O)CCC(N)C(=O)O. The summed E-state index contributed by atoms with van der Waals surface area (Å²) in [7, 11) is 2.47. The largest absolute Gasteiger partial charge is 0.480 e. The molecule has 0 aliphatic carbocycles. The summed E-state index contributed by atoms with van der Waals surface area (Å²) in [5, 5.41) is 16.7. The molecule has 11 nitrogen and oxygen atoms in total. The van der Waals surface area contributed by atoms with Crippen molar-refractivity contribution in [2.45, 2.75) is 36.7 Å². The second kappa shape index (κ2) is 16.3. The molecule has 13 heteroatoms. The van der Waals surface area contributed by atoms with Crippen LogP contribution in [0, 0.1) is 0 Å². The maximum atomic E-state index is 12.8. The van der Waals surface area contributed by atoms with Crippen LogP contribution >= 0.6 is 21.6 Å². The van der Waals surface area contributed by atoms with Gasteiger partial charge in [-0.15, -0.1) is 0 Å². The van der Waals surface area contributed by atoms with Crippen molar-refractivity contribution in [3.05, 3.63) is 60.2 Å². The second-order valence-electron chi connectivity index (χ2n) is 7.81. The minimum absolute atomic E-state index is 0.0880. The fraction of sp³-hybridized carbons (Fsp3) is 0.320. The van der Waals surface area contributed by atoms with Crippen molar-refractivity contribution in [1.82, 2.24) is 10.6 Å². The molecule has 0 aromatic heterocycles. The number of nitrogens with one attached hydrogen (secondary N) is 3. The van der Waals surface area contributed by atoms with E-state index in [9.17, 15) is 24.0 Å². The summed E-state index contributed by atoms with van der Waals surface area (Å²) in [6, 6.07) is 13.7. The van der Waals surface area contributed by atoms with Gasteiger partial charge < -0.3 is 31.5 Å².